The van der Waals surface area contributed by atoms with Gasteiger partial charge in [-0.25, -0.2) is 14.8 Å². The average molecular weight is 288 g/mol. The maximum Gasteiger partial charge on any atom is 0.341 e. The zero-order valence-electron chi connectivity index (χ0n) is 11.1. The van der Waals surface area contributed by atoms with Crippen LogP contribution in [0.1, 0.15) is 10.4 Å². The summed E-state index contributed by atoms with van der Waals surface area (Å²) < 4.78 is 10.3. The van der Waals surface area contributed by atoms with Crippen LogP contribution in [0.5, 0.6) is 11.5 Å². The molecule has 2 aromatic rings. The average Bonchev–Trinajstić information content (AvgIpc) is 2.52. The van der Waals surface area contributed by atoms with Crippen LogP contribution in [0.25, 0.3) is 11.1 Å². The number of carbonyl (C=O) groups is 2. The van der Waals surface area contributed by atoms with E-state index in [9.17, 15) is 9.59 Å². The Balaban J connectivity index is 2.48. The van der Waals surface area contributed by atoms with E-state index in [1.807, 2.05) is 0 Å². The molecule has 0 aliphatic rings. The van der Waals surface area contributed by atoms with Crippen molar-refractivity contribution >= 4 is 12.3 Å². The molecule has 0 aliphatic carbocycles. The smallest absolute Gasteiger partial charge is 0.341 e. The molecule has 0 saturated carbocycles. The molecule has 0 bridgehead atoms. The molecule has 7 nitrogen and oxygen atoms in total. The second-order valence-corrected chi connectivity index (χ2v) is 4.02. The van der Waals surface area contributed by atoms with E-state index in [2.05, 4.69) is 9.97 Å². The summed E-state index contributed by atoms with van der Waals surface area (Å²) in [4.78, 5) is 29.6. The summed E-state index contributed by atoms with van der Waals surface area (Å²) in [6.07, 6.45) is 5.15. The number of carboxylic acids is 1. The van der Waals surface area contributed by atoms with Gasteiger partial charge in [-0.1, -0.05) is 0 Å². The predicted octanol–water partition coefficient (Wildman–Crippen LogP) is 1.43. The van der Waals surface area contributed by atoms with Crippen molar-refractivity contribution in [3.63, 3.8) is 0 Å². The number of hydrogen-bond acceptors (Lipinski definition) is 6. The molecular weight excluding hydrogens is 276 g/mol. The lowest BCUT2D eigenvalue weighted by Crippen LogP contribution is -2.11. The maximum absolute atomic E-state index is 11.2. The molecule has 1 N–H and O–H groups in total. The van der Waals surface area contributed by atoms with E-state index >= 15 is 0 Å². The van der Waals surface area contributed by atoms with Crippen molar-refractivity contribution in [2.45, 2.75) is 0 Å². The number of aromatic nitrogens is 2. The van der Waals surface area contributed by atoms with Crippen molar-refractivity contribution in [1.29, 1.82) is 0 Å². The fourth-order valence-corrected chi connectivity index (χ4v) is 1.77. The van der Waals surface area contributed by atoms with Gasteiger partial charge in [-0.15, -0.1) is 0 Å². The van der Waals surface area contributed by atoms with Gasteiger partial charge >= 0.3 is 5.97 Å². The molecule has 1 aromatic carbocycles. The number of carboxylic acid groups (broad SMARTS) is 1. The zero-order valence-corrected chi connectivity index (χ0v) is 11.1. The van der Waals surface area contributed by atoms with Crippen LogP contribution in [0.4, 0.5) is 0 Å². The minimum atomic E-state index is -1.14. The summed E-state index contributed by atoms with van der Waals surface area (Å²) >= 11 is 0. The summed E-state index contributed by atoms with van der Waals surface area (Å²) in [7, 11) is 1.41. The molecule has 0 saturated heterocycles. The topological polar surface area (TPSA) is 98.6 Å². The number of methoxy groups -OCH3 is 1. The van der Waals surface area contributed by atoms with E-state index in [-0.39, 0.29) is 17.1 Å². The van der Waals surface area contributed by atoms with E-state index in [1.54, 1.807) is 24.5 Å². The first kappa shape index (κ1) is 14.4. The Morgan fingerprint density at radius 1 is 1.29 bits per heavy atom. The minimum Gasteiger partial charge on any atom is -0.493 e. The van der Waals surface area contributed by atoms with Crippen LogP contribution in [0, 0.1) is 0 Å². The first-order chi connectivity index (χ1) is 10.2. The third kappa shape index (κ3) is 3.33. The van der Waals surface area contributed by atoms with Crippen molar-refractivity contribution in [2.75, 3.05) is 13.7 Å². The molecule has 0 radical (unpaired) electrons. The van der Waals surface area contributed by atoms with Crippen LogP contribution in [0.15, 0.2) is 30.9 Å². The summed E-state index contributed by atoms with van der Waals surface area (Å²) in [6.45, 7) is -0.564. The van der Waals surface area contributed by atoms with E-state index in [0.29, 0.717) is 17.4 Å². The molecule has 7 heteroatoms. The molecule has 1 aromatic heterocycles. The normalized spacial score (nSPS) is 9.95. The molecule has 0 unspecified atom stereocenters. The fraction of sp³-hybridized carbons (Fsp3) is 0.143. The molecule has 2 rings (SSSR count). The third-order valence-corrected chi connectivity index (χ3v) is 2.66. The largest absolute Gasteiger partial charge is 0.493 e. The second kappa shape index (κ2) is 6.47. The zero-order chi connectivity index (χ0) is 15.2. The summed E-state index contributed by atoms with van der Waals surface area (Å²) in [5.74, 6) is -0.787. The highest BCUT2D eigenvalue weighted by Gasteiger charge is 2.15. The van der Waals surface area contributed by atoms with Crippen molar-refractivity contribution in [2.24, 2.45) is 0 Å². The van der Waals surface area contributed by atoms with Crippen LogP contribution < -0.4 is 9.47 Å². The van der Waals surface area contributed by atoms with E-state index in [1.165, 1.54) is 13.4 Å². The summed E-state index contributed by atoms with van der Waals surface area (Å²) in [5.41, 5.74) is 1.55. The first-order valence-corrected chi connectivity index (χ1v) is 5.93. The van der Waals surface area contributed by atoms with E-state index in [0.717, 1.165) is 0 Å². The number of ether oxygens (including phenoxy) is 2. The lowest BCUT2D eigenvalue weighted by molar-refractivity contribution is -0.139. The Morgan fingerprint density at radius 2 is 2.00 bits per heavy atom. The molecule has 0 atom stereocenters. The minimum absolute atomic E-state index is 0.0931. The molecule has 0 amide bonds. The predicted molar refractivity (Wildman–Crippen MR) is 72.5 cm³/mol. The van der Waals surface area contributed by atoms with Crippen molar-refractivity contribution in [3.05, 3.63) is 36.4 Å². The SMILES string of the molecule is COc1cc(-c2cncnc2)cc(C=O)c1OCC(=O)O. The Bertz CT molecular complexity index is 658. The van der Waals surface area contributed by atoms with Gasteiger partial charge in [0.15, 0.2) is 24.4 Å². The fourth-order valence-electron chi connectivity index (χ4n) is 1.77. The van der Waals surface area contributed by atoms with E-state index in [4.69, 9.17) is 14.6 Å². The standard InChI is InChI=1S/C14H12N2O5/c1-20-12-3-9(11-4-15-8-16-5-11)2-10(6-17)14(12)21-7-13(18)19/h2-6,8H,7H2,1H3,(H,18,19). The number of carbonyl (C=O) groups excluding carboxylic acids is 1. The number of benzene rings is 1. The van der Waals surface area contributed by atoms with Gasteiger partial charge in [0.2, 0.25) is 0 Å². The van der Waals surface area contributed by atoms with Gasteiger partial charge in [0.1, 0.15) is 6.33 Å². The van der Waals surface area contributed by atoms with Crippen LogP contribution in [-0.4, -0.2) is 41.0 Å². The number of hydrogen-bond donors (Lipinski definition) is 1. The van der Waals surface area contributed by atoms with Gasteiger partial charge in [-0.2, -0.15) is 0 Å². The van der Waals surface area contributed by atoms with Crippen LogP contribution >= 0.6 is 0 Å². The summed E-state index contributed by atoms with van der Waals surface area (Å²) in [6, 6.07) is 3.19. The Morgan fingerprint density at radius 3 is 2.57 bits per heavy atom. The Labute approximate surface area is 120 Å². The molecule has 0 aliphatic heterocycles. The Hall–Kier alpha value is -2.96. The molecule has 0 spiro atoms. The van der Waals surface area contributed by atoms with Gasteiger partial charge in [0.05, 0.1) is 12.7 Å². The van der Waals surface area contributed by atoms with Gasteiger partial charge in [-0.05, 0) is 17.7 Å². The number of nitrogens with zero attached hydrogens (tertiary/aromatic N) is 2. The van der Waals surface area contributed by atoms with Crippen LogP contribution in [0.3, 0.4) is 0 Å². The quantitative estimate of drug-likeness (QED) is 0.802. The van der Waals surface area contributed by atoms with Gasteiger partial charge in [0.25, 0.3) is 0 Å². The molecule has 0 fully saturated rings. The lowest BCUT2D eigenvalue weighted by Gasteiger charge is -2.13. The highest BCUT2D eigenvalue weighted by Crippen LogP contribution is 2.35. The van der Waals surface area contributed by atoms with E-state index < -0.39 is 12.6 Å². The van der Waals surface area contributed by atoms with Gasteiger partial charge < -0.3 is 14.6 Å². The molecule has 21 heavy (non-hydrogen) atoms. The van der Waals surface area contributed by atoms with Crippen molar-refractivity contribution in [3.8, 4) is 22.6 Å². The monoisotopic (exact) mass is 288 g/mol. The van der Waals surface area contributed by atoms with Crippen LogP contribution in [0.2, 0.25) is 0 Å². The maximum atomic E-state index is 11.2. The summed E-state index contributed by atoms with van der Waals surface area (Å²) in [5, 5.41) is 8.66. The van der Waals surface area contributed by atoms with Crippen LogP contribution in [-0.2, 0) is 4.79 Å². The number of rotatable bonds is 6. The van der Waals surface area contributed by atoms with Gasteiger partial charge in [-0.3, -0.25) is 4.79 Å². The van der Waals surface area contributed by atoms with Gasteiger partial charge in [0, 0.05) is 18.0 Å². The lowest BCUT2D eigenvalue weighted by atomic mass is 10.0. The highest BCUT2D eigenvalue weighted by molar-refractivity contribution is 5.85. The second-order valence-electron chi connectivity index (χ2n) is 4.02. The highest BCUT2D eigenvalue weighted by atomic mass is 16.5. The number of aldehydes is 1. The molecular formula is C14H12N2O5. The first-order valence-electron chi connectivity index (χ1n) is 5.93. The molecule has 108 valence electrons. The Kier molecular flexibility index (Phi) is 4.45. The number of aliphatic carboxylic acids is 1. The molecule has 1 heterocycles. The van der Waals surface area contributed by atoms with Crippen molar-refractivity contribution < 1.29 is 24.2 Å². The van der Waals surface area contributed by atoms with Crippen molar-refractivity contribution in [1.82, 2.24) is 9.97 Å². The third-order valence-electron chi connectivity index (χ3n) is 2.66.